The molecule has 0 saturated carbocycles. The first-order valence-corrected chi connectivity index (χ1v) is 22.2. The van der Waals surface area contributed by atoms with Crippen LogP contribution < -0.4 is 0 Å². The number of ketones is 2. The topological polar surface area (TPSA) is 146 Å². The fourth-order valence-electron chi connectivity index (χ4n) is 7.46. The Kier molecular flexibility index (Phi) is 14.6. The number of aryl methyl sites for hydroxylation is 1. The molecule has 5 fully saturated rings. The van der Waals surface area contributed by atoms with Crippen LogP contribution in [0.5, 0.6) is 0 Å². The lowest BCUT2D eigenvalue weighted by Gasteiger charge is -2.38. The third-order valence-corrected chi connectivity index (χ3v) is 12.4. The molecule has 5 saturated heterocycles. The number of benzene rings is 1. The Bertz CT molecular complexity index is 2140. The van der Waals surface area contributed by atoms with E-state index in [-0.39, 0.29) is 17.5 Å². The molecule has 0 unspecified atom stereocenters. The second-order valence-corrected chi connectivity index (χ2v) is 17.3. The minimum atomic E-state index is -5.08. The number of thioether (sulfide) groups is 1. The van der Waals surface area contributed by atoms with Crippen molar-refractivity contribution in [1.82, 2.24) is 39.4 Å². The summed E-state index contributed by atoms with van der Waals surface area (Å²) in [6.07, 6.45) is 1.72. The summed E-state index contributed by atoms with van der Waals surface area (Å²) in [7, 11) is 2.21. The van der Waals surface area contributed by atoms with Gasteiger partial charge in [0.1, 0.15) is 22.8 Å². The molecule has 2 aromatic heterocycles. The highest BCUT2D eigenvalue weighted by Gasteiger charge is 2.43. The van der Waals surface area contributed by atoms with Crippen LogP contribution in [0.25, 0.3) is 11.3 Å². The van der Waals surface area contributed by atoms with E-state index in [9.17, 15) is 27.6 Å². The number of carboxylic acid groups (broad SMARTS) is 1. The summed E-state index contributed by atoms with van der Waals surface area (Å²) in [5, 5.41) is 8.39. The van der Waals surface area contributed by atoms with Crippen molar-refractivity contribution in [3.8, 4) is 11.3 Å². The van der Waals surface area contributed by atoms with E-state index in [1.54, 1.807) is 6.20 Å². The maximum atomic E-state index is 13.1. The van der Waals surface area contributed by atoms with Gasteiger partial charge in [0.05, 0.1) is 11.4 Å². The van der Waals surface area contributed by atoms with Crippen LogP contribution in [0.15, 0.2) is 81.5 Å². The quantitative estimate of drug-likeness (QED) is 0.149. The number of piperazine rings is 1. The van der Waals surface area contributed by atoms with Crippen LogP contribution in [0.2, 0.25) is 5.02 Å². The average molecular weight is 899 g/mol. The number of likely N-dealkylation sites (tertiary alicyclic amines) is 1. The van der Waals surface area contributed by atoms with Gasteiger partial charge in [0, 0.05) is 113 Å². The van der Waals surface area contributed by atoms with Crippen molar-refractivity contribution in [3.63, 3.8) is 0 Å². The molecule has 1 N–H and O–H groups in total. The van der Waals surface area contributed by atoms with Gasteiger partial charge in [0.25, 0.3) is 5.22 Å². The summed E-state index contributed by atoms with van der Waals surface area (Å²) in [5.74, 6) is -0.326. The van der Waals surface area contributed by atoms with E-state index >= 15 is 0 Å². The Balaban J connectivity index is 0.000000196. The second-order valence-electron chi connectivity index (χ2n) is 16.0. The number of pyridine rings is 1. The summed E-state index contributed by atoms with van der Waals surface area (Å²) < 4.78 is 37.9. The van der Waals surface area contributed by atoms with E-state index in [1.165, 1.54) is 43.8 Å². The number of nitrogens with zero attached hydrogens (tertiary/aromatic N) is 8. The number of hydrogen-bond donors (Lipinski definition) is 1. The maximum Gasteiger partial charge on any atom is 0.490 e. The van der Waals surface area contributed by atoms with Crippen LogP contribution in [0.3, 0.4) is 0 Å². The molecule has 9 rings (SSSR count). The number of amides is 1. The van der Waals surface area contributed by atoms with Gasteiger partial charge in [0.2, 0.25) is 17.5 Å². The van der Waals surface area contributed by atoms with Crippen LogP contribution in [0, 0.1) is 5.92 Å². The molecule has 1 amide bonds. The number of alkyl halides is 3. The fourth-order valence-corrected chi connectivity index (χ4v) is 8.34. The largest absolute Gasteiger partial charge is 0.490 e. The molecular weight excluding hydrogens is 849 g/mol. The van der Waals surface area contributed by atoms with Crippen molar-refractivity contribution in [2.75, 3.05) is 92.1 Å². The van der Waals surface area contributed by atoms with Gasteiger partial charge >= 0.3 is 12.1 Å². The van der Waals surface area contributed by atoms with Crippen LogP contribution >= 0.6 is 23.4 Å². The van der Waals surface area contributed by atoms with Crippen LogP contribution in [0.4, 0.5) is 13.2 Å². The van der Waals surface area contributed by atoms with Gasteiger partial charge in [-0.25, -0.2) is 9.78 Å². The van der Waals surface area contributed by atoms with Crippen molar-refractivity contribution < 1.29 is 41.9 Å². The molecule has 0 spiro atoms. The lowest BCUT2D eigenvalue weighted by atomic mass is 9.96. The number of rotatable bonds is 12. The molecule has 3 aromatic rings. The number of aromatic nitrogens is 2. The van der Waals surface area contributed by atoms with Crippen molar-refractivity contribution in [2.24, 2.45) is 5.92 Å². The lowest BCUT2D eigenvalue weighted by molar-refractivity contribution is -0.192. The molecule has 19 heteroatoms. The molecule has 0 bridgehead atoms. The zero-order valence-corrected chi connectivity index (χ0v) is 36.1. The Morgan fingerprint density at radius 2 is 1.50 bits per heavy atom. The van der Waals surface area contributed by atoms with E-state index in [0.29, 0.717) is 45.9 Å². The van der Waals surface area contributed by atoms with Crippen LogP contribution in [-0.4, -0.2) is 166 Å². The molecule has 0 atom stereocenters. The third kappa shape index (κ3) is 12.4. The van der Waals surface area contributed by atoms with Crippen molar-refractivity contribution in [2.45, 2.75) is 42.8 Å². The summed E-state index contributed by atoms with van der Waals surface area (Å²) >= 11 is 7.62. The highest BCUT2D eigenvalue weighted by Crippen LogP contribution is 2.35. The van der Waals surface area contributed by atoms with Gasteiger partial charge < -0.3 is 34.0 Å². The van der Waals surface area contributed by atoms with E-state index in [2.05, 4.69) is 21.8 Å². The predicted octanol–water partition coefficient (Wildman–Crippen LogP) is 4.91. The monoisotopic (exact) mass is 898 g/mol. The van der Waals surface area contributed by atoms with Gasteiger partial charge in [-0.1, -0.05) is 41.6 Å². The number of halogens is 4. The van der Waals surface area contributed by atoms with Crippen LogP contribution in [0.1, 0.15) is 30.7 Å². The fraction of sp³-hybridized carbons (Fsp3) is 0.488. The molecule has 332 valence electrons. The second kappa shape index (κ2) is 20.1. The Labute approximate surface area is 367 Å². The van der Waals surface area contributed by atoms with Crippen molar-refractivity contribution in [1.29, 1.82) is 0 Å². The van der Waals surface area contributed by atoms with E-state index in [1.807, 2.05) is 62.1 Å². The summed E-state index contributed by atoms with van der Waals surface area (Å²) in [6, 6.07) is 13.5. The minimum absolute atomic E-state index is 0.00546. The summed E-state index contributed by atoms with van der Waals surface area (Å²) in [6.45, 7) is 12.5. The number of allylic oxidation sites excluding steroid dienone is 1. The number of piperidine rings is 1. The summed E-state index contributed by atoms with van der Waals surface area (Å²) in [4.78, 5) is 68.6. The first-order chi connectivity index (χ1) is 29.7. The maximum absolute atomic E-state index is 13.1. The lowest BCUT2D eigenvalue weighted by Crippen LogP contribution is -2.50. The molecule has 5 aliphatic heterocycles. The number of carbonyl (C=O) groups is 4. The Morgan fingerprint density at radius 3 is 2.08 bits per heavy atom. The standard InChI is InChI=1S/C29H36ClN5O2S.C12H13N3O2.C2HF3O2/c1-33-14-11-22(12-15-33)20-34-16-18-35(19-17-34)27(36)10-9-26-28(23-5-7-24(30)8-6-23)32-29(37-26)38-21-25-4-2-3-13-31-25;16-9-7-8(13-1-2-13)12(17)11(15-5-6-15)10(9)14-3-4-14;3-2(4,5)1(6)7/h2-8,13,22H,9-12,14-21H2,1H3;7H,1-6H2;(H,6,7). The smallest absolute Gasteiger partial charge is 0.475 e. The molecule has 0 radical (unpaired) electrons. The van der Waals surface area contributed by atoms with E-state index < -0.39 is 12.1 Å². The predicted molar refractivity (Wildman–Crippen MR) is 226 cm³/mol. The number of hydrogen-bond acceptors (Lipinski definition) is 13. The molecule has 6 aliphatic rings. The Hall–Kier alpha value is -4.91. The number of carbonyl (C=O) groups excluding carboxylic acids is 3. The van der Waals surface area contributed by atoms with E-state index in [0.717, 1.165) is 101 Å². The van der Waals surface area contributed by atoms with Crippen molar-refractivity contribution in [3.05, 3.63) is 88.3 Å². The van der Waals surface area contributed by atoms with E-state index in [4.69, 9.17) is 30.9 Å². The van der Waals surface area contributed by atoms with Gasteiger partial charge in [0.15, 0.2) is 0 Å². The summed E-state index contributed by atoms with van der Waals surface area (Å²) in [5.41, 5.74) is 4.57. The molecule has 7 heterocycles. The van der Waals surface area contributed by atoms with Crippen LogP contribution in [-0.2, 0) is 31.4 Å². The minimum Gasteiger partial charge on any atom is -0.475 e. The molecule has 62 heavy (non-hydrogen) atoms. The normalized spacial score (nSPS) is 19.4. The first-order valence-electron chi connectivity index (χ1n) is 20.8. The number of aliphatic carboxylic acids is 1. The molecule has 1 aliphatic carbocycles. The molecular formula is C43H50ClF3N8O6S. The molecule has 14 nitrogen and oxygen atoms in total. The highest BCUT2D eigenvalue weighted by atomic mass is 35.5. The average Bonchev–Trinajstić information content (AvgIpc) is 4.11. The number of carboxylic acids is 1. The SMILES string of the molecule is CN1CCC(CN2CCN(C(=O)CCc3oc(SCc4ccccn4)nc3-c3ccc(Cl)cc3)CC2)CC1.O=C(O)C(F)(F)F.O=C1C=C(N2CC2)C(=O)C(N2CC2)=C1N1CC1. The number of oxazole rings is 1. The zero-order valence-electron chi connectivity index (χ0n) is 34.5. The van der Waals surface area contributed by atoms with Gasteiger partial charge in [-0.05, 0) is 63.2 Å². The zero-order chi connectivity index (χ0) is 44.0. The van der Waals surface area contributed by atoms with Crippen molar-refractivity contribution >= 4 is 46.8 Å². The van der Waals surface area contributed by atoms with Gasteiger partial charge in [-0.3, -0.25) is 24.3 Å². The number of Topliss-reactive ketones (excluding diaryl/α,β-unsaturated/α-hetero) is 1. The first kappa shape index (κ1) is 45.1. The Morgan fingerprint density at radius 1 is 0.871 bits per heavy atom. The van der Waals surface area contributed by atoms with Gasteiger partial charge in [-0.15, -0.1) is 0 Å². The highest BCUT2D eigenvalue weighted by molar-refractivity contribution is 7.98. The molecule has 1 aromatic carbocycles. The third-order valence-electron chi connectivity index (χ3n) is 11.2. The van der Waals surface area contributed by atoms with Gasteiger partial charge in [-0.2, -0.15) is 13.2 Å².